The maximum atomic E-state index is 12.2. The van der Waals surface area contributed by atoms with Crippen LogP contribution in [0.5, 0.6) is 6.08 Å². The molecular formula is C18H24N2O4. The van der Waals surface area contributed by atoms with Crippen LogP contribution in [0.1, 0.15) is 33.6 Å². The summed E-state index contributed by atoms with van der Waals surface area (Å²) in [6.07, 6.45) is 1.99. The largest absolute Gasteiger partial charge is 0.450 e. The second-order valence-electron chi connectivity index (χ2n) is 7.19. The van der Waals surface area contributed by atoms with Gasteiger partial charge in [0, 0.05) is 19.0 Å². The lowest BCUT2D eigenvalue weighted by molar-refractivity contribution is 0.0132. The number of oxazole rings is 1. The lowest BCUT2D eigenvalue weighted by Crippen LogP contribution is -2.44. The minimum absolute atomic E-state index is 0.251. The number of hydrogen-bond acceptors (Lipinski definition) is 5. The van der Waals surface area contributed by atoms with E-state index in [1.54, 1.807) is 4.90 Å². The quantitative estimate of drug-likeness (QED) is 0.854. The van der Waals surface area contributed by atoms with Crippen LogP contribution in [0, 0.1) is 5.92 Å². The number of rotatable bonds is 3. The first kappa shape index (κ1) is 16.6. The highest BCUT2D eigenvalue weighted by Crippen LogP contribution is 2.23. The van der Waals surface area contributed by atoms with Gasteiger partial charge in [-0.15, -0.1) is 0 Å². The number of aromatic nitrogens is 1. The molecule has 0 radical (unpaired) electrons. The average molecular weight is 332 g/mol. The molecule has 0 N–H and O–H groups in total. The molecule has 2 heterocycles. The second kappa shape index (κ2) is 6.71. The van der Waals surface area contributed by atoms with Gasteiger partial charge in [0.15, 0.2) is 5.58 Å². The second-order valence-corrected chi connectivity index (χ2v) is 7.19. The number of hydrogen-bond donors (Lipinski definition) is 0. The Bertz CT molecular complexity index is 671. The molecule has 0 aliphatic carbocycles. The monoisotopic (exact) mass is 332 g/mol. The van der Waals surface area contributed by atoms with Crippen LogP contribution >= 0.6 is 0 Å². The minimum atomic E-state index is -0.473. The van der Waals surface area contributed by atoms with Crippen molar-refractivity contribution >= 4 is 17.2 Å². The molecule has 1 atom stereocenters. The smallest absolute Gasteiger partial charge is 0.410 e. The number of benzene rings is 1. The molecule has 1 amide bonds. The third kappa shape index (κ3) is 4.19. The molecule has 0 saturated carbocycles. The van der Waals surface area contributed by atoms with Gasteiger partial charge in [-0.05, 0) is 45.7 Å². The van der Waals surface area contributed by atoms with E-state index >= 15 is 0 Å². The van der Waals surface area contributed by atoms with Crippen molar-refractivity contribution in [2.75, 3.05) is 19.7 Å². The lowest BCUT2D eigenvalue weighted by Gasteiger charge is -2.33. The van der Waals surface area contributed by atoms with Gasteiger partial charge in [0.05, 0.1) is 6.61 Å². The number of para-hydroxylation sites is 2. The van der Waals surface area contributed by atoms with Crippen LogP contribution in [0.3, 0.4) is 0 Å². The number of fused-ring (bicyclic) bond motifs is 1. The molecule has 24 heavy (non-hydrogen) atoms. The minimum Gasteiger partial charge on any atom is -0.450 e. The number of carbonyl (C=O) groups excluding carboxylic acids is 1. The first-order valence-corrected chi connectivity index (χ1v) is 8.37. The predicted molar refractivity (Wildman–Crippen MR) is 90.0 cm³/mol. The molecule has 1 saturated heterocycles. The molecule has 1 aromatic carbocycles. The Kier molecular flexibility index (Phi) is 4.64. The Hall–Kier alpha value is -2.24. The topological polar surface area (TPSA) is 64.8 Å². The fraction of sp³-hybridized carbons (Fsp3) is 0.556. The molecule has 0 spiro atoms. The number of nitrogens with zero attached hydrogens (tertiary/aromatic N) is 2. The highest BCUT2D eigenvalue weighted by molar-refractivity contribution is 5.72. The lowest BCUT2D eigenvalue weighted by atomic mass is 9.99. The Morgan fingerprint density at radius 2 is 2.17 bits per heavy atom. The zero-order valence-electron chi connectivity index (χ0n) is 14.4. The Morgan fingerprint density at radius 1 is 1.38 bits per heavy atom. The predicted octanol–water partition coefficient (Wildman–Crippen LogP) is 3.85. The summed E-state index contributed by atoms with van der Waals surface area (Å²) in [6, 6.07) is 7.56. The van der Waals surface area contributed by atoms with Gasteiger partial charge in [-0.3, -0.25) is 0 Å². The third-order valence-electron chi connectivity index (χ3n) is 3.89. The number of piperidine rings is 1. The van der Waals surface area contributed by atoms with E-state index < -0.39 is 5.60 Å². The Morgan fingerprint density at radius 3 is 2.92 bits per heavy atom. The summed E-state index contributed by atoms with van der Waals surface area (Å²) in [5.41, 5.74) is 1.02. The van der Waals surface area contributed by atoms with E-state index in [1.807, 2.05) is 45.0 Å². The molecule has 1 aromatic heterocycles. The highest BCUT2D eigenvalue weighted by Gasteiger charge is 2.28. The van der Waals surface area contributed by atoms with Gasteiger partial charge >= 0.3 is 12.2 Å². The van der Waals surface area contributed by atoms with E-state index in [-0.39, 0.29) is 18.1 Å². The SMILES string of the molecule is CC(C)(C)OC(=O)N1CCC[C@H](COc2nc3ccccc3o2)C1. The summed E-state index contributed by atoms with van der Waals surface area (Å²) in [4.78, 5) is 18.2. The van der Waals surface area contributed by atoms with Crippen molar-refractivity contribution in [3.8, 4) is 6.08 Å². The maximum absolute atomic E-state index is 12.2. The van der Waals surface area contributed by atoms with Gasteiger partial charge in [0.1, 0.15) is 11.1 Å². The number of amides is 1. The van der Waals surface area contributed by atoms with E-state index in [1.165, 1.54) is 0 Å². The van der Waals surface area contributed by atoms with Gasteiger partial charge in [-0.1, -0.05) is 12.1 Å². The number of carbonyl (C=O) groups is 1. The van der Waals surface area contributed by atoms with E-state index in [0.717, 1.165) is 24.9 Å². The van der Waals surface area contributed by atoms with E-state index in [9.17, 15) is 4.79 Å². The van der Waals surface area contributed by atoms with Crippen molar-refractivity contribution in [1.82, 2.24) is 9.88 Å². The molecular weight excluding hydrogens is 308 g/mol. The molecule has 6 nitrogen and oxygen atoms in total. The van der Waals surface area contributed by atoms with E-state index in [0.29, 0.717) is 18.7 Å². The Balaban J connectivity index is 1.54. The van der Waals surface area contributed by atoms with Gasteiger partial charge in [0.25, 0.3) is 0 Å². The van der Waals surface area contributed by atoms with Crippen molar-refractivity contribution < 1.29 is 18.7 Å². The summed E-state index contributed by atoms with van der Waals surface area (Å²) >= 11 is 0. The molecule has 2 aromatic rings. The van der Waals surface area contributed by atoms with Crippen LogP contribution in [0.25, 0.3) is 11.1 Å². The van der Waals surface area contributed by atoms with Gasteiger partial charge < -0.3 is 18.8 Å². The zero-order valence-corrected chi connectivity index (χ0v) is 14.4. The summed E-state index contributed by atoms with van der Waals surface area (Å²) < 4.78 is 16.7. The van der Waals surface area contributed by atoms with Gasteiger partial charge in [0.2, 0.25) is 0 Å². The van der Waals surface area contributed by atoms with Crippen molar-refractivity contribution in [3.63, 3.8) is 0 Å². The summed E-state index contributed by atoms with van der Waals surface area (Å²) in [6.45, 7) is 7.48. The Labute approximate surface area is 141 Å². The summed E-state index contributed by atoms with van der Waals surface area (Å²) in [5.74, 6) is 0.251. The molecule has 6 heteroatoms. The highest BCUT2D eigenvalue weighted by atomic mass is 16.6. The van der Waals surface area contributed by atoms with Crippen LogP contribution in [0.4, 0.5) is 4.79 Å². The first-order valence-electron chi connectivity index (χ1n) is 8.37. The molecule has 3 rings (SSSR count). The van der Waals surface area contributed by atoms with Gasteiger partial charge in [-0.2, -0.15) is 4.98 Å². The van der Waals surface area contributed by atoms with E-state index in [4.69, 9.17) is 13.9 Å². The average Bonchev–Trinajstić information content (AvgIpc) is 2.94. The van der Waals surface area contributed by atoms with Crippen LogP contribution in [0.15, 0.2) is 28.7 Å². The van der Waals surface area contributed by atoms with Crippen LogP contribution < -0.4 is 4.74 Å². The van der Waals surface area contributed by atoms with Crippen molar-refractivity contribution in [3.05, 3.63) is 24.3 Å². The van der Waals surface area contributed by atoms with Gasteiger partial charge in [-0.25, -0.2) is 4.79 Å². The van der Waals surface area contributed by atoms with E-state index in [2.05, 4.69) is 4.98 Å². The zero-order chi connectivity index (χ0) is 17.2. The molecule has 130 valence electrons. The van der Waals surface area contributed by atoms with Crippen molar-refractivity contribution in [1.29, 1.82) is 0 Å². The van der Waals surface area contributed by atoms with Crippen LogP contribution in [-0.4, -0.2) is 41.3 Å². The molecule has 1 fully saturated rings. The number of likely N-dealkylation sites (tertiary alicyclic amines) is 1. The maximum Gasteiger partial charge on any atom is 0.410 e. The molecule has 1 aliphatic heterocycles. The van der Waals surface area contributed by atoms with Crippen LogP contribution in [-0.2, 0) is 4.74 Å². The normalized spacial score (nSPS) is 18.6. The molecule has 0 bridgehead atoms. The molecule has 0 unspecified atom stereocenters. The third-order valence-corrected chi connectivity index (χ3v) is 3.89. The summed E-state index contributed by atoms with van der Waals surface area (Å²) in [7, 11) is 0. The standard InChI is InChI=1S/C18H24N2O4/c1-18(2,3)24-17(21)20-10-6-7-13(11-20)12-22-16-19-14-8-4-5-9-15(14)23-16/h4-5,8-9,13H,6-7,10-12H2,1-3H3/t13-/m0/s1. The molecule has 1 aliphatic rings. The fourth-order valence-electron chi connectivity index (χ4n) is 2.80. The first-order chi connectivity index (χ1) is 11.4. The van der Waals surface area contributed by atoms with Crippen LogP contribution in [0.2, 0.25) is 0 Å². The van der Waals surface area contributed by atoms with Crippen molar-refractivity contribution in [2.45, 2.75) is 39.2 Å². The van der Waals surface area contributed by atoms with Crippen molar-refractivity contribution in [2.24, 2.45) is 5.92 Å². The summed E-state index contributed by atoms with van der Waals surface area (Å²) in [5, 5.41) is 0. The number of ether oxygens (including phenoxy) is 2. The fourth-order valence-corrected chi connectivity index (χ4v) is 2.80.